The van der Waals surface area contributed by atoms with Crippen molar-refractivity contribution in [3.63, 3.8) is 0 Å². The number of aromatic nitrogens is 3. The molecule has 0 spiro atoms. The summed E-state index contributed by atoms with van der Waals surface area (Å²) in [4.78, 5) is 8.70. The van der Waals surface area contributed by atoms with Gasteiger partial charge in [0, 0.05) is 24.2 Å². The van der Waals surface area contributed by atoms with E-state index in [2.05, 4.69) is 14.3 Å². The molecule has 22 heavy (non-hydrogen) atoms. The van der Waals surface area contributed by atoms with Crippen LogP contribution in [0.1, 0.15) is 18.9 Å². The highest BCUT2D eigenvalue weighted by Gasteiger charge is 2.12. The second-order valence-corrected chi connectivity index (χ2v) is 5.36. The van der Waals surface area contributed by atoms with Crippen LogP contribution in [0.2, 0.25) is 0 Å². The van der Waals surface area contributed by atoms with Crippen molar-refractivity contribution in [2.75, 3.05) is 7.11 Å². The molecule has 5 nitrogen and oxygen atoms in total. The molecule has 0 amide bonds. The minimum atomic E-state index is -0.146. The molecule has 0 aliphatic heterocycles. The normalized spacial score (nSPS) is 12.1. The molecular formula is C16H15N3O2S. The number of pyridine rings is 1. The second kappa shape index (κ2) is 6.64. The number of ether oxygens (including phenoxy) is 2. The van der Waals surface area contributed by atoms with Gasteiger partial charge in [-0.2, -0.15) is 9.36 Å². The highest BCUT2D eigenvalue weighted by Crippen LogP contribution is 2.26. The standard InChI is InChI=1S/C16H15N3O2S/c1-11(20-2)15-18-16(22-19-15)21-13-8-9-14(17-10-13)12-6-4-3-5-7-12/h3-11H,1-2H3/t11-/m0/s1. The van der Waals surface area contributed by atoms with E-state index in [0.29, 0.717) is 16.8 Å². The predicted molar refractivity (Wildman–Crippen MR) is 85.1 cm³/mol. The fraction of sp³-hybridized carbons (Fsp3) is 0.188. The van der Waals surface area contributed by atoms with Crippen molar-refractivity contribution < 1.29 is 9.47 Å². The molecular weight excluding hydrogens is 298 g/mol. The van der Waals surface area contributed by atoms with Gasteiger partial charge in [-0.25, -0.2) is 0 Å². The molecule has 0 unspecified atom stereocenters. The lowest BCUT2D eigenvalue weighted by Gasteiger charge is -2.04. The van der Waals surface area contributed by atoms with Gasteiger partial charge in [0.15, 0.2) is 5.82 Å². The summed E-state index contributed by atoms with van der Waals surface area (Å²) in [5.41, 5.74) is 1.97. The maximum Gasteiger partial charge on any atom is 0.298 e. The number of benzene rings is 1. The maximum absolute atomic E-state index is 5.67. The Morgan fingerprint density at radius 1 is 1.09 bits per heavy atom. The first-order valence-electron chi connectivity index (χ1n) is 6.82. The molecule has 2 aromatic heterocycles. The molecule has 0 aliphatic carbocycles. The lowest BCUT2D eigenvalue weighted by atomic mass is 10.1. The van der Waals surface area contributed by atoms with E-state index in [1.807, 2.05) is 49.4 Å². The fourth-order valence-electron chi connectivity index (χ4n) is 1.85. The third-order valence-electron chi connectivity index (χ3n) is 3.15. The summed E-state index contributed by atoms with van der Waals surface area (Å²) >= 11 is 1.20. The van der Waals surface area contributed by atoms with E-state index < -0.39 is 0 Å². The Labute approximate surface area is 132 Å². The van der Waals surface area contributed by atoms with Crippen LogP contribution in [-0.2, 0) is 4.74 Å². The molecule has 1 aromatic carbocycles. The summed E-state index contributed by atoms with van der Waals surface area (Å²) < 4.78 is 15.1. The van der Waals surface area contributed by atoms with E-state index >= 15 is 0 Å². The average molecular weight is 313 g/mol. The number of nitrogens with zero attached hydrogens (tertiary/aromatic N) is 3. The SMILES string of the molecule is CO[C@@H](C)c1nsc(Oc2ccc(-c3ccccc3)nc2)n1. The minimum Gasteiger partial charge on any atom is -0.428 e. The molecule has 6 heteroatoms. The van der Waals surface area contributed by atoms with Crippen molar-refractivity contribution in [2.24, 2.45) is 0 Å². The Morgan fingerprint density at radius 3 is 2.59 bits per heavy atom. The van der Waals surface area contributed by atoms with E-state index in [-0.39, 0.29) is 6.10 Å². The molecule has 0 aliphatic rings. The van der Waals surface area contributed by atoms with Gasteiger partial charge in [0.2, 0.25) is 0 Å². The Bertz CT molecular complexity index is 729. The van der Waals surface area contributed by atoms with Gasteiger partial charge < -0.3 is 9.47 Å². The smallest absolute Gasteiger partial charge is 0.298 e. The first-order chi connectivity index (χ1) is 10.8. The average Bonchev–Trinajstić information content (AvgIpc) is 3.04. The molecule has 0 bridgehead atoms. The Hall–Kier alpha value is -2.31. The van der Waals surface area contributed by atoms with Gasteiger partial charge in [-0.15, -0.1) is 0 Å². The fourth-order valence-corrected chi connectivity index (χ4v) is 2.48. The molecule has 1 atom stereocenters. The summed E-state index contributed by atoms with van der Waals surface area (Å²) in [6.45, 7) is 1.89. The zero-order valence-corrected chi connectivity index (χ0v) is 13.1. The summed E-state index contributed by atoms with van der Waals surface area (Å²) in [7, 11) is 1.62. The highest BCUT2D eigenvalue weighted by atomic mass is 32.1. The number of hydrogen-bond acceptors (Lipinski definition) is 6. The van der Waals surface area contributed by atoms with Crippen LogP contribution in [0.15, 0.2) is 48.7 Å². The molecule has 2 heterocycles. The van der Waals surface area contributed by atoms with E-state index in [0.717, 1.165) is 11.3 Å². The molecule has 3 rings (SSSR count). The van der Waals surface area contributed by atoms with Crippen molar-refractivity contribution in [1.82, 2.24) is 14.3 Å². The van der Waals surface area contributed by atoms with Gasteiger partial charge in [-0.1, -0.05) is 30.3 Å². The first kappa shape index (κ1) is 14.6. The molecule has 0 saturated carbocycles. The summed E-state index contributed by atoms with van der Waals surface area (Å²) in [6.07, 6.45) is 1.54. The zero-order valence-electron chi connectivity index (χ0n) is 12.3. The van der Waals surface area contributed by atoms with Crippen LogP contribution >= 0.6 is 11.5 Å². The minimum absolute atomic E-state index is 0.146. The van der Waals surface area contributed by atoms with E-state index in [1.165, 1.54) is 11.5 Å². The predicted octanol–water partition coefficient (Wildman–Crippen LogP) is 4.10. The van der Waals surface area contributed by atoms with Crippen molar-refractivity contribution >= 4 is 11.5 Å². The third-order valence-corrected chi connectivity index (χ3v) is 3.76. The van der Waals surface area contributed by atoms with Crippen molar-refractivity contribution in [3.05, 3.63) is 54.5 Å². The van der Waals surface area contributed by atoms with E-state index in [4.69, 9.17) is 9.47 Å². The van der Waals surface area contributed by atoms with Gasteiger partial charge in [0.1, 0.15) is 11.9 Å². The van der Waals surface area contributed by atoms with Gasteiger partial charge >= 0.3 is 0 Å². The second-order valence-electron chi connectivity index (χ2n) is 4.64. The maximum atomic E-state index is 5.67. The Balaban J connectivity index is 1.72. The number of methoxy groups -OCH3 is 1. The van der Waals surface area contributed by atoms with Crippen molar-refractivity contribution in [3.8, 4) is 22.2 Å². The lowest BCUT2D eigenvalue weighted by molar-refractivity contribution is 0.113. The van der Waals surface area contributed by atoms with Crippen molar-refractivity contribution in [2.45, 2.75) is 13.0 Å². The monoisotopic (exact) mass is 313 g/mol. The summed E-state index contributed by atoms with van der Waals surface area (Å²) in [5.74, 6) is 1.25. The van der Waals surface area contributed by atoms with Crippen LogP contribution < -0.4 is 4.74 Å². The van der Waals surface area contributed by atoms with Gasteiger partial charge in [-0.05, 0) is 19.1 Å². The van der Waals surface area contributed by atoms with Crippen LogP contribution in [0.3, 0.4) is 0 Å². The molecule has 0 N–H and O–H groups in total. The number of rotatable bonds is 5. The Kier molecular flexibility index (Phi) is 4.41. The lowest BCUT2D eigenvalue weighted by Crippen LogP contribution is -1.97. The largest absolute Gasteiger partial charge is 0.428 e. The van der Waals surface area contributed by atoms with Crippen LogP contribution in [0.25, 0.3) is 11.3 Å². The van der Waals surface area contributed by atoms with Gasteiger partial charge in [-0.3, -0.25) is 4.98 Å². The highest BCUT2D eigenvalue weighted by molar-refractivity contribution is 7.07. The molecule has 0 fully saturated rings. The quantitative estimate of drug-likeness (QED) is 0.710. The third kappa shape index (κ3) is 3.29. The molecule has 3 aromatic rings. The van der Waals surface area contributed by atoms with Crippen molar-refractivity contribution in [1.29, 1.82) is 0 Å². The van der Waals surface area contributed by atoms with Crippen LogP contribution in [0.4, 0.5) is 0 Å². The van der Waals surface area contributed by atoms with Crippen LogP contribution in [-0.4, -0.2) is 21.5 Å². The number of hydrogen-bond donors (Lipinski definition) is 0. The topological polar surface area (TPSA) is 57.1 Å². The molecule has 0 radical (unpaired) electrons. The van der Waals surface area contributed by atoms with E-state index in [1.54, 1.807) is 13.3 Å². The van der Waals surface area contributed by atoms with Gasteiger partial charge in [0.25, 0.3) is 5.19 Å². The van der Waals surface area contributed by atoms with Gasteiger partial charge in [0.05, 0.1) is 11.9 Å². The molecule has 112 valence electrons. The first-order valence-corrected chi connectivity index (χ1v) is 7.59. The Morgan fingerprint density at radius 2 is 1.91 bits per heavy atom. The summed E-state index contributed by atoms with van der Waals surface area (Å²) in [5, 5.41) is 0.480. The zero-order chi connectivity index (χ0) is 15.4. The van der Waals surface area contributed by atoms with Crippen LogP contribution in [0, 0.1) is 0 Å². The van der Waals surface area contributed by atoms with E-state index in [9.17, 15) is 0 Å². The summed E-state index contributed by atoms with van der Waals surface area (Å²) in [6, 6.07) is 13.8. The molecule has 0 saturated heterocycles. The van der Waals surface area contributed by atoms with Crippen LogP contribution in [0.5, 0.6) is 10.9 Å².